The first-order chi connectivity index (χ1) is 7.90. The minimum Gasteiger partial charge on any atom is -0.312 e. The lowest BCUT2D eigenvalue weighted by Gasteiger charge is -2.32. The summed E-state index contributed by atoms with van der Waals surface area (Å²) in [7, 11) is 0. The van der Waals surface area contributed by atoms with Gasteiger partial charge >= 0.3 is 0 Å². The van der Waals surface area contributed by atoms with Crippen molar-refractivity contribution in [1.29, 1.82) is 0 Å². The second-order valence-electron chi connectivity index (χ2n) is 4.74. The lowest BCUT2D eigenvalue weighted by molar-refractivity contribution is 0.172. The van der Waals surface area contributed by atoms with Crippen LogP contribution in [0.25, 0.3) is 0 Å². The molecule has 2 aliphatic rings. The van der Waals surface area contributed by atoms with Crippen LogP contribution >= 0.6 is 11.6 Å². The predicted molar refractivity (Wildman–Crippen MR) is 62.4 cm³/mol. The third-order valence-corrected chi connectivity index (χ3v) is 4.18. The molecule has 16 heavy (non-hydrogen) atoms. The van der Waals surface area contributed by atoms with Gasteiger partial charge in [0.1, 0.15) is 12.2 Å². The quantitative estimate of drug-likeness (QED) is 0.740. The van der Waals surface area contributed by atoms with E-state index in [-0.39, 0.29) is 0 Å². The molecule has 0 amide bonds. The number of fused-ring (bicyclic) bond motifs is 1. The van der Waals surface area contributed by atoms with Crippen LogP contribution < -0.4 is 0 Å². The Labute approximate surface area is 101 Å². The van der Waals surface area contributed by atoms with Gasteiger partial charge in [0.15, 0.2) is 0 Å². The first-order valence-electron chi connectivity index (χ1n) is 6.08. The van der Waals surface area contributed by atoms with Crippen molar-refractivity contribution in [2.45, 2.75) is 43.6 Å². The fraction of sp³-hybridized carbons (Fsp3) is 0.818. The van der Waals surface area contributed by atoms with Crippen LogP contribution in [0.1, 0.15) is 37.5 Å². The van der Waals surface area contributed by atoms with Crippen LogP contribution in [0.4, 0.5) is 0 Å². The van der Waals surface area contributed by atoms with Gasteiger partial charge in [-0.15, -0.1) is 21.8 Å². The van der Waals surface area contributed by atoms with Crippen molar-refractivity contribution in [2.75, 3.05) is 13.1 Å². The van der Waals surface area contributed by atoms with Crippen molar-refractivity contribution >= 4 is 11.6 Å². The summed E-state index contributed by atoms with van der Waals surface area (Å²) >= 11 is 5.89. The van der Waals surface area contributed by atoms with Crippen LogP contribution in [-0.2, 0) is 5.88 Å². The molecule has 5 heteroatoms. The largest absolute Gasteiger partial charge is 0.312 e. The minimum absolute atomic E-state index is 0.462. The highest BCUT2D eigenvalue weighted by atomic mass is 35.5. The Hall–Kier alpha value is -0.610. The van der Waals surface area contributed by atoms with Crippen molar-refractivity contribution in [3.8, 4) is 0 Å². The second-order valence-corrected chi connectivity index (χ2v) is 5.01. The molecule has 0 aliphatic carbocycles. The van der Waals surface area contributed by atoms with E-state index in [1.54, 1.807) is 0 Å². The molecule has 0 bridgehead atoms. The maximum absolute atomic E-state index is 5.89. The number of alkyl halides is 1. The third-order valence-electron chi connectivity index (χ3n) is 3.94. The van der Waals surface area contributed by atoms with Gasteiger partial charge in [0.05, 0.1) is 11.9 Å². The van der Waals surface area contributed by atoms with Gasteiger partial charge in [0.2, 0.25) is 0 Å². The standard InChI is InChI=1S/C11H17ClN4/c12-7-11-14-13-8-16(11)10-4-6-15-5-2-1-3-9(10)15/h8-10H,1-7H2. The summed E-state index contributed by atoms with van der Waals surface area (Å²) in [4.78, 5) is 2.62. The molecule has 3 rings (SSSR count). The smallest absolute Gasteiger partial charge is 0.148 e. The third kappa shape index (κ3) is 1.64. The van der Waals surface area contributed by atoms with Gasteiger partial charge in [0, 0.05) is 12.6 Å². The molecule has 3 heterocycles. The topological polar surface area (TPSA) is 34.0 Å². The number of halogens is 1. The van der Waals surface area contributed by atoms with E-state index in [9.17, 15) is 0 Å². The molecule has 0 aromatic carbocycles. The number of hydrogen-bond acceptors (Lipinski definition) is 3. The zero-order valence-electron chi connectivity index (χ0n) is 9.35. The average molecular weight is 241 g/mol. The number of hydrogen-bond donors (Lipinski definition) is 0. The van der Waals surface area contributed by atoms with Crippen molar-refractivity contribution in [1.82, 2.24) is 19.7 Å². The lowest BCUT2D eigenvalue weighted by atomic mass is 9.99. The van der Waals surface area contributed by atoms with Crippen molar-refractivity contribution in [3.05, 3.63) is 12.2 Å². The zero-order valence-corrected chi connectivity index (χ0v) is 10.1. The second kappa shape index (κ2) is 4.34. The van der Waals surface area contributed by atoms with Gasteiger partial charge in [-0.2, -0.15) is 0 Å². The normalized spacial score (nSPS) is 30.6. The summed E-state index contributed by atoms with van der Waals surface area (Å²) in [5.74, 6) is 1.38. The Kier molecular flexibility index (Phi) is 2.86. The average Bonchev–Trinajstić information content (AvgIpc) is 2.94. The first kappa shape index (κ1) is 10.5. The fourth-order valence-electron chi connectivity index (χ4n) is 3.18. The Balaban J connectivity index is 1.84. The first-order valence-corrected chi connectivity index (χ1v) is 6.62. The Morgan fingerprint density at radius 3 is 3.06 bits per heavy atom. The Bertz CT molecular complexity index is 365. The summed E-state index contributed by atoms with van der Waals surface area (Å²) in [6.07, 6.45) is 7.08. The van der Waals surface area contributed by atoms with E-state index >= 15 is 0 Å². The molecule has 2 aliphatic heterocycles. The van der Waals surface area contributed by atoms with Gasteiger partial charge in [-0.05, 0) is 25.8 Å². The molecule has 0 N–H and O–H groups in total. The van der Waals surface area contributed by atoms with Crippen LogP contribution in [0, 0.1) is 0 Å². The number of piperidine rings is 1. The highest BCUT2D eigenvalue weighted by Gasteiger charge is 2.37. The van der Waals surface area contributed by atoms with Gasteiger partial charge < -0.3 is 4.57 Å². The molecular formula is C11H17ClN4. The molecule has 2 fully saturated rings. The van der Waals surface area contributed by atoms with Crippen molar-refractivity contribution < 1.29 is 0 Å². The van der Waals surface area contributed by atoms with Gasteiger partial charge in [-0.25, -0.2) is 0 Å². The molecule has 0 saturated carbocycles. The monoisotopic (exact) mass is 240 g/mol. The molecule has 0 radical (unpaired) electrons. The molecule has 1 aromatic rings. The van der Waals surface area contributed by atoms with E-state index in [2.05, 4.69) is 19.7 Å². The van der Waals surface area contributed by atoms with E-state index < -0.39 is 0 Å². The van der Waals surface area contributed by atoms with Gasteiger partial charge in [-0.3, -0.25) is 4.90 Å². The van der Waals surface area contributed by atoms with E-state index in [1.165, 1.54) is 38.8 Å². The Morgan fingerprint density at radius 1 is 1.25 bits per heavy atom. The van der Waals surface area contributed by atoms with E-state index in [1.807, 2.05) is 6.33 Å². The zero-order chi connectivity index (χ0) is 11.0. The summed E-state index contributed by atoms with van der Waals surface area (Å²) in [5.41, 5.74) is 0. The molecule has 2 atom stereocenters. The molecular weight excluding hydrogens is 224 g/mol. The number of nitrogens with zero attached hydrogens (tertiary/aromatic N) is 4. The van der Waals surface area contributed by atoms with Gasteiger partial charge in [0.25, 0.3) is 0 Å². The van der Waals surface area contributed by atoms with E-state index in [0.717, 1.165) is 5.82 Å². The maximum Gasteiger partial charge on any atom is 0.148 e. The van der Waals surface area contributed by atoms with Crippen molar-refractivity contribution in [2.24, 2.45) is 0 Å². The molecule has 2 unspecified atom stereocenters. The number of rotatable bonds is 2. The molecule has 1 aromatic heterocycles. The highest BCUT2D eigenvalue weighted by molar-refractivity contribution is 6.16. The summed E-state index contributed by atoms with van der Waals surface area (Å²) in [6.45, 7) is 2.48. The number of aromatic nitrogens is 3. The van der Waals surface area contributed by atoms with Crippen molar-refractivity contribution in [3.63, 3.8) is 0 Å². The Morgan fingerprint density at radius 2 is 2.19 bits per heavy atom. The van der Waals surface area contributed by atoms with E-state index in [4.69, 9.17) is 11.6 Å². The summed E-state index contributed by atoms with van der Waals surface area (Å²) in [6, 6.07) is 1.23. The molecule has 0 spiro atoms. The predicted octanol–water partition coefficient (Wildman–Crippen LogP) is 1.82. The molecule has 88 valence electrons. The van der Waals surface area contributed by atoms with Crippen LogP contribution in [0.2, 0.25) is 0 Å². The highest BCUT2D eigenvalue weighted by Crippen LogP contribution is 2.35. The van der Waals surface area contributed by atoms with Crippen LogP contribution in [0.15, 0.2) is 6.33 Å². The van der Waals surface area contributed by atoms with E-state index in [0.29, 0.717) is 18.0 Å². The molecule has 2 saturated heterocycles. The maximum atomic E-state index is 5.89. The SMILES string of the molecule is ClCc1nncn1C1CCN2CCCCC12. The van der Waals surface area contributed by atoms with Crippen LogP contribution in [0.5, 0.6) is 0 Å². The minimum atomic E-state index is 0.462. The fourth-order valence-corrected chi connectivity index (χ4v) is 3.38. The summed E-state index contributed by atoms with van der Waals surface area (Å²) in [5, 5.41) is 8.06. The van der Waals surface area contributed by atoms with Gasteiger partial charge in [-0.1, -0.05) is 6.42 Å². The molecule has 4 nitrogen and oxygen atoms in total. The lowest BCUT2D eigenvalue weighted by Crippen LogP contribution is -2.37. The van der Waals surface area contributed by atoms with Crippen LogP contribution in [-0.4, -0.2) is 38.8 Å². The summed E-state index contributed by atoms with van der Waals surface area (Å²) < 4.78 is 2.20. The van der Waals surface area contributed by atoms with Crippen LogP contribution in [0.3, 0.4) is 0 Å².